The molecule has 0 N–H and O–H groups in total. The first-order valence-electron chi connectivity index (χ1n) is 9.25. The van der Waals surface area contributed by atoms with Gasteiger partial charge in [0.1, 0.15) is 6.04 Å². The Balaban J connectivity index is 1.71. The molecule has 0 aliphatic carbocycles. The van der Waals surface area contributed by atoms with Gasteiger partial charge in [0.05, 0.1) is 34.4 Å². The molecule has 0 radical (unpaired) electrons. The standard InChI is InChI=1S/C21H18Cl2N2O4/c22-16-11-14-15(12-17(16)23)20(27)25(19(14)26)18(10-13-4-2-1-3-5-13)21(28)24-6-8-29-9-7-24/h1-5,11-12,18H,6-10H2. The van der Waals surface area contributed by atoms with Crippen molar-refractivity contribution in [1.82, 2.24) is 9.80 Å². The summed E-state index contributed by atoms with van der Waals surface area (Å²) in [4.78, 5) is 42.2. The van der Waals surface area contributed by atoms with Gasteiger partial charge >= 0.3 is 0 Å². The minimum atomic E-state index is -0.958. The van der Waals surface area contributed by atoms with Gasteiger partial charge in [0.2, 0.25) is 5.91 Å². The number of halogens is 2. The van der Waals surface area contributed by atoms with Gasteiger partial charge in [-0.15, -0.1) is 0 Å². The lowest BCUT2D eigenvalue weighted by atomic mass is 10.0. The van der Waals surface area contributed by atoms with Crippen LogP contribution in [0.5, 0.6) is 0 Å². The molecule has 4 rings (SSSR count). The summed E-state index contributed by atoms with van der Waals surface area (Å²) in [6.45, 7) is 1.70. The van der Waals surface area contributed by atoms with E-state index >= 15 is 0 Å². The van der Waals surface area contributed by atoms with Crippen LogP contribution >= 0.6 is 23.2 Å². The monoisotopic (exact) mass is 432 g/mol. The van der Waals surface area contributed by atoms with Crippen molar-refractivity contribution in [3.05, 3.63) is 69.2 Å². The van der Waals surface area contributed by atoms with E-state index < -0.39 is 17.9 Å². The fraction of sp³-hybridized carbons (Fsp3) is 0.286. The van der Waals surface area contributed by atoms with Crippen LogP contribution in [0.4, 0.5) is 0 Å². The highest BCUT2D eigenvalue weighted by molar-refractivity contribution is 6.43. The SMILES string of the molecule is O=C(C(Cc1ccccc1)N1C(=O)c2cc(Cl)c(Cl)cc2C1=O)N1CCOCC1. The average molecular weight is 433 g/mol. The normalized spacial score (nSPS) is 17.4. The summed E-state index contributed by atoms with van der Waals surface area (Å²) in [7, 11) is 0. The van der Waals surface area contributed by atoms with Crippen molar-refractivity contribution in [2.75, 3.05) is 26.3 Å². The zero-order valence-corrected chi connectivity index (χ0v) is 16.9. The van der Waals surface area contributed by atoms with Crippen LogP contribution in [0.1, 0.15) is 26.3 Å². The van der Waals surface area contributed by atoms with E-state index in [1.165, 1.54) is 12.1 Å². The Morgan fingerprint density at radius 1 is 0.966 bits per heavy atom. The average Bonchev–Trinajstić information content (AvgIpc) is 2.97. The Labute approximate surface area is 177 Å². The molecule has 1 saturated heterocycles. The number of amides is 3. The fourth-order valence-corrected chi connectivity index (χ4v) is 3.98. The van der Waals surface area contributed by atoms with Gasteiger partial charge in [0.15, 0.2) is 0 Å². The summed E-state index contributed by atoms with van der Waals surface area (Å²) in [5.41, 5.74) is 1.18. The van der Waals surface area contributed by atoms with Crippen LogP contribution in [0.15, 0.2) is 42.5 Å². The summed E-state index contributed by atoms with van der Waals surface area (Å²) < 4.78 is 5.32. The third-order valence-corrected chi connectivity index (χ3v) is 5.87. The summed E-state index contributed by atoms with van der Waals surface area (Å²) in [6.07, 6.45) is 0.226. The lowest BCUT2D eigenvalue weighted by molar-refractivity contribution is -0.139. The Hall–Kier alpha value is -2.41. The number of rotatable bonds is 4. The van der Waals surface area contributed by atoms with Gasteiger partial charge in [-0.2, -0.15) is 0 Å². The van der Waals surface area contributed by atoms with Gasteiger partial charge in [-0.3, -0.25) is 19.3 Å². The van der Waals surface area contributed by atoms with E-state index in [1.54, 1.807) is 4.90 Å². The molecule has 6 nitrogen and oxygen atoms in total. The first kappa shape index (κ1) is 19.9. The molecule has 2 aliphatic rings. The third kappa shape index (κ3) is 3.75. The van der Waals surface area contributed by atoms with Crippen LogP contribution in [0.2, 0.25) is 10.0 Å². The predicted octanol–water partition coefficient (Wildman–Crippen LogP) is 3.06. The van der Waals surface area contributed by atoms with Crippen molar-refractivity contribution in [2.45, 2.75) is 12.5 Å². The van der Waals surface area contributed by atoms with Crippen LogP contribution in [0.25, 0.3) is 0 Å². The van der Waals surface area contributed by atoms with Gasteiger partial charge < -0.3 is 9.64 Å². The summed E-state index contributed by atoms with van der Waals surface area (Å²) >= 11 is 12.1. The van der Waals surface area contributed by atoms with E-state index in [0.29, 0.717) is 26.3 Å². The van der Waals surface area contributed by atoms with Gasteiger partial charge in [0, 0.05) is 19.5 Å². The molecule has 2 aromatic rings. The highest BCUT2D eigenvalue weighted by Crippen LogP contribution is 2.33. The second-order valence-corrected chi connectivity index (χ2v) is 7.75. The summed E-state index contributed by atoms with van der Waals surface area (Å²) in [5.74, 6) is -1.35. The van der Waals surface area contributed by atoms with Gasteiger partial charge in [0.25, 0.3) is 11.8 Å². The van der Waals surface area contributed by atoms with E-state index in [2.05, 4.69) is 0 Å². The van der Waals surface area contributed by atoms with Gasteiger partial charge in [-0.1, -0.05) is 53.5 Å². The third-order valence-electron chi connectivity index (χ3n) is 5.15. The molecule has 150 valence electrons. The van der Waals surface area contributed by atoms with Crippen molar-refractivity contribution in [3.63, 3.8) is 0 Å². The maximum atomic E-state index is 13.3. The van der Waals surface area contributed by atoms with E-state index in [4.69, 9.17) is 27.9 Å². The van der Waals surface area contributed by atoms with Crippen LogP contribution < -0.4 is 0 Å². The van der Waals surface area contributed by atoms with Crippen molar-refractivity contribution >= 4 is 40.9 Å². The first-order chi connectivity index (χ1) is 14.0. The number of carbonyl (C=O) groups excluding carboxylic acids is 3. The summed E-state index contributed by atoms with van der Waals surface area (Å²) in [6, 6.07) is 11.1. The highest BCUT2D eigenvalue weighted by Gasteiger charge is 2.44. The topological polar surface area (TPSA) is 66.9 Å². The molecule has 1 atom stereocenters. The van der Waals surface area contributed by atoms with E-state index in [0.717, 1.165) is 10.5 Å². The quantitative estimate of drug-likeness (QED) is 0.696. The second kappa shape index (κ2) is 8.14. The number of carbonyl (C=O) groups is 3. The van der Waals surface area contributed by atoms with Crippen LogP contribution in [-0.4, -0.2) is 59.9 Å². The van der Waals surface area contributed by atoms with E-state index in [-0.39, 0.29) is 33.5 Å². The molecule has 0 saturated carbocycles. The molecule has 0 spiro atoms. The Morgan fingerprint density at radius 2 is 1.52 bits per heavy atom. The Bertz CT molecular complexity index is 933. The van der Waals surface area contributed by atoms with Crippen LogP contribution in [-0.2, 0) is 16.0 Å². The molecule has 2 heterocycles. The molecular formula is C21H18Cl2N2O4. The van der Waals surface area contributed by atoms with Crippen molar-refractivity contribution in [3.8, 4) is 0 Å². The largest absolute Gasteiger partial charge is 0.378 e. The first-order valence-corrected chi connectivity index (χ1v) is 10.0. The van der Waals surface area contributed by atoms with Crippen molar-refractivity contribution in [1.29, 1.82) is 0 Å². The lowest BCUT2D eigenvalue weighted by Crippen LogP contribution is -2.54. The van der Waals surface area contributed by atoms with Crippen molar-refractivity contribution < 1.29 is 19.1 Å². The minimum absolute atomic E-state index is 0.164. The fourth-order valence-electron chi connectivity index (χ4n) is 3.66. The molecule has 0 bridgehead atoms. The molecule has 1 unspecified atom stereocenters. The molecule has 2 aromatic carbocycles. The number of morpholine rings is 1. The van der Waals surface area contributed by atoms with Gasteiger partial charge in [-0.05, 0) is 17.7 Å². The van der Waals surface area contributed by atoms with Gasteiger partial charge in [-0.25, -0.2) is 0 Å². The number of hydrogen-bond donors (Lipinski definition) is 0. The smallest absolute Gasteiger partial charge is 0.262 e. The molecule has 1 fully saturated rings. The number of imide groups is 1. The number of hydrogen-bond acceptors (Lipinski definition) is 4. The molecule has 2 aliphatic heterocycles. The minimum Gasteiger partial charge on any atom is -0.378 e. The Morgan fingerprint density at radius 3 is 2.07 bits per heavy atom. The van der Waals surface area contributed by atoms with E-state index in [9.17, 15) is 14.4 Å². The van der Waals surface area contributed by atoms with Crippen LogP contribution in [0.3, 0.4) is 0 Å². The zero-order valence-electron chi connectivity index (χ0n) is 15.4. The number of ether oxygens (including phenoxy) is 1. The van der Waals surface area contributed by atoms with Crippen molar-refractivity contribution in [2.24, 2.45) is 0 Å². The molecule has 29 heavy (non-hydrogen) atoms. The molecular weight excluding hydrogens is 415 g/mol. The lowest BCUT2D eigenvalue weighted by Gasteiger charge is -2.33. The number of benzene rings is 2. The highest BCUT2D eigenvalue weighted by atomic mass is 35.5. The van der Waals surface area contributed by atoms with Crippen LogP contribution in [0, 0.1) is 0 Å². The number of fused-ring (bicyclic) bond motifs is 1. The number of nitrogens with zero attached hydrogens (tertiary/aromatic N) is 2. The maximum Gasteiger partial charge on any atom is 0.262 e. The molecule has 0 aromatic heterocycles. The zero-order chi connectivity index (χ0) is 20.5. The predicted molar refractivity (Wildman–Crippen MR) is 108 cm³/mol. The maximum absolute atomic E-state index is 13.3. The summed E-state index contributed by atoms with van der Waals surface area (Å²) in [5, 5.41) is 0.375. The Kier molecular flexibility index (Phi) is 5.58. The van der Waals surface area contributed by atoms with E-state index in [1.807, 2.05) is 30.3 Å². The second-order valence-electron chi connectivity index (χ2n) is 6.94. The molecule has 3 amide bonds. The molecule has 8 heteroatoms.